The van der Waals surface area contributed by atoms with E-state index >= 15 is 0 Å². The first-order valence-electron chi connectivity index (χ1n) is 6.05. The van der Waals surface area contributed by atoms with Gasteiger partial charge in [0.2, 0.25) is 0 Å². The molecule has 0 saturated carbocycles. The molecule has 0 fully saturated rings. The van der Waals surface area contributed by atoms with Gasteiger partial charge in [-0.3, -0.25) is 0 Å². The second-order valence-electron chi connectivity index (χ2n) is 4.14. The molecule has 0 spiro atoms. The third kappa shape index (κ3) is 2.67. The molecule has 1 aromatic carbocycles. The lowest BCUT2D eigenvalue weighted by Crippen LogP contribution is -2.07. The highest BCUT2D eigenvalue weighted by molar-refractivity contribution is 5.89. The number of aromatic nitrogens is 3. The average Bonchev–Trinajstić information content (AvgIpc) is 2.95. The first kappa shape index (κ1) is 14.1. The van der Waals surface area contributed by atoms with E-state index in [-0.39, 0.29) is 5.56 Å². The number of ether oxygens (including phenoxy) is 1. The van der Waals surface area contributed by atoms with E-state index in [4.69, 9.17) is 0 Å². The Kier molecular flexibility index (Phi) is 4.09. The van der Waals surface area contributed by atoms with Gasteiger partial charge in [0.05, 0.1) is 30.7 Å². The molecule has 20 heavy (non-hydrogen) atoms. The molecule has 1 N–H and O–H groups in total. The summed E-state index contributed by atoms with van der Waals surface area (Å²) in [5.74, 6) is -1.46. The van der Waals surface area contributed by atoms with Crippen molar-refractivity contribution in [2.45, 2.75) is 19.4 Å². The molecule has 0 amide bonds. The molecular weight excluding hydrogens is 265 g/mol. The SMILES string of the molecule is CC[C@H](O)c1cnn(-c2ccc(C(=O)OC)c(F)c2)n1. The van der Waals surface area contributed by atoms with Gasteiger partial charge in [0.15, 0.2) is 0 Å². The van der Waals surface area contributed by atoms with Gasteiger partial charge in [0, 0.05) is 6.07 Å². The summed E-state index contributed by atoms with van der Waals surface area (Å²) < 4.78 is 18.2. The van der Waals surface area contributed by atoms with Crippen molar-refractivity contribution >= 4 is 5.97 Å². The molecule has 0 aliphatic rings. The van der Waals surface area contributed by atoms with Crippen LogP contribution in [-0.4, -0.2) is 33.2 Å². The summed E-state index contributed by atoms with van der Waals surface area (Å²) in [6.45, 7) is 1.81. The fraction of sp³-hybridized carbons (Fsp3) is 0.308. The number of aliphatic hydroxyl groups excluding tert-OH is 1. The van der Waals surface area contributed by atoms with Gasteiger partial charge in [-0.1, -0.05) is 6.92 Å². The van der Waals surface area contributed by atoms with E-state index in [0.717, 1.165) is 6.07 Å². The number of esters is 1. The summed E-state index contributed by atoms with van der Waals surface area (Å²) in [6, 6.07) is 3.93. The van der Waals surface area contributed by atoms with Crippen LogP contribution in [0, 0.1) is 5.82 Å². The maximum atomic E-state index is 13.8. The highest BCUT2D eigenvalue weighted by Gasteiger charge is 2.15. The van der Waals surface area contributed by atoms with Gasteiger partial charge in [0.25, 0.3) is 0 Å². The number of nitrogens with zero attached hydrogens (tertiary/aromatic N) is 3. The Bertz CT molecular complexity index is 627. The molecule has 7 heteroatoms. The molecule has 0 unspecified atom stereocenters. The zero-order valence-electron chi connectivity index (χ0n) is 11.1. The van der Waals surface area contributed by atoms with Crippen LogP contribution in [0.4, 0.5) is 4.39 Å². The Morgan fingerprint density at radius 3 is 2.90 bits per heavy atom. The third-order valence-corrected chi connectivity index (χ3v) is 2.83. The van der Waals surface area contributed by atoms with Crippen molar-refractivity contribution in [1.29, 1.82) is 0 Å². The normalized spacial score (nSPS) is 12.2. The van der Waals surface area contributed by atoms with Crippen molar-refractivity contribution in [2.24, 2.45) is 0 Å². The van der Waals surface area contributed by atoms with Crippen molar-refractivity contribution in [3.63, 3.8) is 0 Å². The molecular formula is C13H14FN3O3. The van der Waals surface area contributed by atoms with Crippen molar-refractivity contribution in [1.82, 2.24) is 15.0 Å². The second kappa shape index (κ2) is 5.79. The predicted octanol–water partition coefficient (Wildman–Crippen LogP) is 1.64. The Labute approximate surface area is 114 Å². The Morgan fingerprint density at radius 2 is 2.30 bits per heavy atom. The maximum Gasteiger partial charge on any atom is 0.340 e. The third-order valence-electron chi connectivity index (χ3n) is 2.83. The number of aliphatic hydroxyl groups is 1. The van der Waals surface area contributed by atoms with Gasteiger partial charge in [-0.05, 0) is 18.6 Å². The number of rotatable bonds is 4. The molecule has 106 valence electrons. The predicted molar refractivity (Wildman–Crippen MR) is 67.9 cm³/mol. The first-order chi connectivity index (χ1) is 9.56. The monoisotopic (exact) mass is 279 g/mol. The minimum atomic E-state index is -0.746. The summed E-state index contributed by atoms with van der Waals surface area (Å²) in [7, 11) is 1.18. The number of methoxy groups -OCH3 is 1. The van der Waals surface area contributed by atoms with Gasteiger partial charge in [-0.25, -0.2) is 9.18 Å². The van der Waals surface area contributed by atoms with Crippen molar-refractivity contribution in [2.75, 3.05) is 7.11 Å². The standard InChI is InChI=1S/C13H14FN3O3/c1-3-12(18)11-7-15-17(16-11)8-4-5-9(10(14)6-8)13(19)20-2/h4-7,12,18H,3H2,1-2H3/t12-/m0/s1. The molecule has 6 nitrogen and oxygen atoms in total. The van der Waals surface area contributed by atoms with Gasteiger partial charge in [-0.2, -0.15) is 15.0 Å². The van der Waals surface area contributed by atoms with E-state index < -0.39 is 17.9 Å². The molecule has 2 rings (SSSR count). The molecule has 0 aliphatic heterocycles. The number of hydrogen-bond donors (Lipinski definition) is 1. The average molecular weight is 279 g/mol. The van der Waals surface area contributed by atoms with Crippen molar-refractivity contribution in [3.05, 3.63) is 41.5 Å². The quantitative estimate of drug-likeness (QED) is 0.861. The zero-order valence-corrected chi connectivity index (χ0v) is 11.1. The van der Waals surface area contributed by atoms with Crippen LogP contribution in [0.5, 0.6) is 0 Å². The molecule has 0 aliphatic carbocycles. The summed E-state index contributed by atoms with van der Waals surface area (Å²) in [5.41, 5.74) is 0.604. The van der Waals surface area contributed by atoms with Gasteiger partial charge in [0.1, 0.15) is 11.5 Å². The van der Waals surface area contributed by atoms with E-state index in [1.54, 1.807) is 0 Å². The molecule has 1 atom stereocenters. The topological polar surface area (TPSA) is 77.2 Å². The molecule has 2 aromatic rings. The van der Waals surface area contributed by atoms with E-state index in [2.05, 4.69) is 14.9 Å². The largest absolute Gasteiger partial charge is 0.465 e. The Hall–Kier alpha value is -2.28. The van der Waals surface area contributed by atoms with Crippen LogP contribution >= 0.6 is 0 Å². The number of halogens is 1. The van der Waals surface area contributed by atoms with Crippen molar-refractivity contribution in [3.8, 4) is 5.69 Å². The lowest BCUT2D eigenvalue weighted by atomic mass is 10.2. The number of carbonyl (C=O) groups excluding carboxylic acids is 1. The van der Waals surface area contributed by atoms with Gasteiger partial charge < -0.3 is 9.84 Å². The highest BCUT2D eigenvalue weighted by atomic mass is 19.1. The summed E-state index contributed by atoms with van der Waals surface area (Å²) in [6.07, 6.45) is 1.22. The number of carbonyl (C=O) groups is 1. The fourth-order valence-corrected chi connectivity index (χ4v) is 1.67. The fourth-order valence-electron chi connectivity index (χ4n) is 1.67. The van der Waals surface area contributed by atoms with E-state index in [0.29, 0.717) is 17.8 Å². The molecule has 0 radical (unpaired) electrons. The maximum absolute atomic E-state index is 13.8. The molecule has 0 bridgehead atoms. The van der Waals surface area contributed by atoms with Crippen LogP contribution in [0.1, 0.15) is 35.5 Å². The first-order valence-corrected chi connectivity index (χ1v) is 6.05. The highest BCUT2D eigenvalue weighted by Crippen LogP contribution is 2.16. The summed E-state index contributed by atoms with van der Waals surface area (Å²) in [5, 5.41) is 17.7. The van der Waals surface area contributed by atoms with E-state index in [9.17, 15) is 14.3 Å². The van der Waals surface area contributed by atoms with E-state index in [1.807, 2.05) is 6.92 Å². The van der Waals surface area contributed by atoms with Crippen LogP contribution < -0.4 is 0 Å². The van der Waals surface area contributed by atoms with Crippen LogP contribution in [-0.2, 0) is 4.74 Å². The lowest BCUT2D eigenvalue weighted by Gasteiger charge is -2.04. The van der Waals surface area contributed by atoms with Crippen molar-refractivity contribution < 1.29 is 19.0 Å². The van der Waals surface area contributed by atoms with Gasteiger partial charge in [-0.15, -0.1) is 0 Å². The van der Waals surface area contributed by atoms with Crippen LogP contribution in [0.2, 0.25) is 0 Å². The number of hydrogen-bond acceptors (Lipinski definition) is 5. The zero-order chi connectivity index (χ0) is 14.7. The Morgan fingerprint density at radius 1 is 1.55 bits per heavy atom. The molecule has 1 aromatic heterocycles. The molecule has 1 heterocycles. The lowest BCUT2D eigenvalue weighted by molar-refractivity contribution is 0.0595. The smallest absolute Gasteiger partial charge is 0.340 e. The van der Waals surface area contributed by atoms with E-state index in [1.165, 1.54) is 30.2 Å². The molecule has 0 saturated heterocycles. The Balaban J connectivity index is 2.32. The van der Waals surface area contributed by atoms with Crippen LogP contribution in [0.25, 0.3) is 5.69 Å². The minimum Gasteiger partial charge on any atom is -0.465 e. The summed E-state index contributed by atoms with van der Waals surface area (Å²) in [4.78, 5) is 12.5. The van der Waals surface area contributed by atoms with Crippen LogP contribution in [0.15, 0.2) is 24.4 Å². The minimum absolute atomic E-state index is 0.155. The van der Waals surface area contributed by atoms with Gasteiger partial charge >= 0.3 is 5.97 Å². The van der Waals surface area contributed by atoms with Crippen LogP contribution in [0.3, 0.4) is 0 Å². The summed E-state index contributed by atoms with van der Waals surface area (Å²) >= 11 is 0. The number of benzene rings is 1. The second-order valence-corrected chi connectivity index (χ2v) is 4.14.